The number of Topliss-reactive ketones (excluding diaryl/α,β-unsaturated/α-hetero) is 1. The van der Waals surface area contributed by atoms with Gasteiger partial charge in [-0.25, -0.2) is 4.79 Å². The summed E-state index contributed by atoms with van der Waals surface area (Å²) in [4.78, 5) is 38.1. The molecule has 27 heavy (non-hydrogen) atoms. The Morgan fingerprint density at radius 3 is 2.56 bits per heavy atom. The molecule has 138 valence electrons. The summed E-state index contributed by atoms with van der Waals surface area (Å²) in [6.45, 7) is 0. The fraction of sp³-hybridized carbons (Fsp3) is 0.286. The minimum absolute atomic E-state index is 0.0737. The molecule has 0 saturated heterocycles. The number of methoxy groups -OCH3 is 1. The summed E-state index contributed by atoms with van der Waals surface area (Å²) < 4.78 is 4.72. The van der Waals surface area contributed by atoms with Gasteiger partial charge in [0.15, 0.2) is 5.78 Å². The largest absolute Gasteiger partial charge is 0.465 e. The van der Waals surface area contributed by atoms with Crippen LogP contribution in [0.5, 0.6) is 0 Å². The molecule has 0 unspecified atom stereocenters. The number of thiophene rings is 1. The molecule has 5 nitrogen and oxygen atoms in total. The van der Waals surface area contributed by atoms with Crippen LogP contribution in [0.25, 0.3) is 0 Å². The molecule has 0 radical (unpaired) electrons. The first-order chi connectivity index (χ1) is 13.1. The van der Waals surface area contributed by atoms with Crippen molar-refractivity contribution in [2.24, 2.45) is 0 Å². The van der Waals surface area contributed by atoms with Gasteiger partial charge in [-0.15, -0.1) is 11.3 Å². The molecule has 6 heteroatoms. The highest BCUT2D eigenvalue weighted by atomic mass is 32.1. The van der Waals surface area contributed by atoms with Gasteiger partial charge in [0.05, 0.1) is 12.7 Å². The second kappa shape index (κ2) is 7.12. The van der Waals surface area contributed by atoms with E-state index in [0.29, 0.717) is 24.0 Å². The molecule has 1 aromatic carbocycles. The molecule has 1 amide bonds. The summed E-state index contributed by atoms with van der Waals surface area (Å²) in [5.41, 5.74) is 2.78. The zero-order valence-corrected chi connectivity index (χ0v) is 15.7. The molecule has 2 heterocycles. The van der Waals surface area contributed by atoms with Crippen molar-refractivity contribution < 1.29 is 19.1 Å². The molecule has 2 atom stereocenters. The standard InChI is InChI=1S/C21H19NO4S/c1-26-21(25)13-6-4-12(5-7-13)15-11-19(24)22-16-9-14(10-17(23)20(15)16)18-3-2-8-27-18/h2-8,14-15H,9-11H2,1H3,(H,22,24)/t14-,15+/m0/s1. The van der Waals surface area contributed by atoms with E-state index < -0.39 is 5.97 Å². The van der Waals surface area contributed by atoms with E-state index in [1.807, 2.05) is 17.5 Å². The smallest absolute Gasteiger partial charge is 0.337 e. The van der Waals surface area contributed by atoms with Crippen molar-refractivity contribution in [3.8, 4) is 0 Å². The Balaban J connectivity index is 1.67. The van der Waals surface area contributed by atoms with E-state index in [4.69, 9.17) is 4.74 Å². The molecule has 0 fully saturated rings. The summed E-state index contributed by atoms with van der Waals surface area (Å²) in [5, 5.41) is 4.94. The van der Waals surface area contributed by atoms with Crippen LogP contribution in [-0.2, 0) is 14.3 Å². The molecular formula is C21H19NO4S. The van der Waals surface area contributed by atoms with Crippen molar-refractivity contribution in [2.45, 2.75) is 31.1 Å². The normalized spacial score (nSPS) is 22.3. The fourth-order valence-electron chi connectivity index (χ4n) is 3.94. The lowest BCUT2D eigenvalue weighted by Crippen LogP contribution is -2.38. The second-order valence-corrected chi connectivity index (χ2v) is 7.83. The van der Waals surface area contributed by atoms with Crippen LogP contribution in [0.15, 0.2) is 53.0 Å². The van der Waals surface area contributed by atoms with Gasteiger partial charge in [0.25, 0.3) is 0 Å². The molecule has 0 spiro atoms. The van der Waals surface area contributed by atoms with Crippen molar-refractivity contribution >= 4 is 29.0 Å². The highest BCUT2D eigenvalue weighted by molar-refractivity contribution is 7.10. The number of ketones is 1. The first-order valence-electron chi connectivity index (χ1n) is 8.84. The summed E-state index contributed by atoms with van der Waals surface area (Å²) >= 11 is 1.64. The fourth-order valence-corrected chi connectivity index (χ4v) is 4.77. The predicted molar refractivity (Wildman–Crippen MR) is 102 cm³/mol. The quantitative estimate of drug-likeness (QED) is 0.826. The van der Waals surface area contributed by atoms with E-state index in [1.54, 1.807) is 35.6 Å². The second-order valence-electron chi connectivity index (χ2n) is 6.85. The first kappa shape index (κ1) is 17.7. The zero-order chi connectivity index (χ0) is 19.0. The average molecular weight is 381 g/mol. The van der Waals surface area contributed by atoms with E-state index in [9.17, 15) is 14.4 Å². The number of carbonyl (C=O) groups is 3. The molecule has 1 aliphatic carbocycles. The number of hydrogen-bond donors (Lipinski definition) is 1. The summed E-state index contributed by atoms with van der Waals surface area (Å²) in [7, 11) is 1.34. The van der Waals surface area contributed by atoms with Gasteiger partial charge >= 0.3 is 5.97 Å². The van der Waals surface area contributed by atoms with E-state index in [0.717, 1.165) is 11.3 Å². The lowest BCUT2D eigenvalue weighted by atomic mass is 9.74. The molecule has 0 bridgehead atoms. The topological polar surface area (TPSA) is 72.5 Å². The number of carbonyl (C=O) groups excluding carboxylic acids is 3. The van der Waals surface area contributed by atoms with Crippen molar-refractivity contribution in [1.29, 1.82) is 0 Å². The van der Waals surface area contributed by atoms with Gasteiger partial charge in [-0.05, 0) is 35.6 Å². The Hall–Kier alpha value is -2.73. The zero-order valence-electron chi connectivity index (χ0n) is 14.9. The SMILES string of the molecule is COC(=O)c1ccc([C@H]2CC(=O)NC3=C2C(=O)C[C@@H](c2cccs2)C3)cc1. The molecule has 2 aliphatic rings. The van der Waals surface area contributed by atoms with E-state index >= 15 is 0 Å². The monoisotopic (exact) mass is 381 g/mol. The van der Waals surface area contributed by atoms with E-state index in [2.05, 4.69) is 5.32 Å². The Bertz CT molecular complexity index is 928. The molecule has 1 N–H and O–H groups in total. The minimum atomic E-state index is -0.407. The highest BCUT2D eigenvalue weighted by Gasteiger charge is 2.38. The number of hydrogen-bond acceptors (Lipinski definition) is 5. The predicted octanol–water partition coefficient (Wildman–Crippen LogP) is 3.54. The Morgan fingerprint density at radius 2 is 1.89 bits per heavy atom. The van der Waals surface area contributed by atoms with Crippen LogP contribution in [0.3, 0.4) is 0 Å². The molecule has 0 saturated carbocycles. The van der Waals surface area contributed by atoms with Crippen molar-refractivity contribution in [1.82, 2.24) is 5.32 Å². The maximum atomic E-state index is 13.0. The maximum absolute atomic E-state index is 13.0. The number of benzene rings is 1. The van der Waals surface area contributed by atoms with Crippen LogP contribution in [0.4, 0.5) is 0 Å². The van der Waals surface area contributed by atoms with Crippen LogP contribution >= 0.6 is 11.3 Å². The maximum Gasteiger partial charge on any atom is 0.337 e. The lowest BCUT2D eigenvalue weighted by Gasteiger charge is -2.34. The first-order valence-corrected chi connectivity index (χ1v) is 9.72. The van der Waals surface area contributed by atoms with Crippen LogP contribution in [0, 0.1) is 0 Å². The third-order valence-electron chi connectivity index (χ3n) is 5.22. The third-order valence-corrected chi connectivity index (χ3v) is 6.25. The van der Waals surface area contributed by atoms with Gasteiger partial charge in [-0.2, -0.15) is 0 Å². The van der Waals surface area contributed by atoms with Gasteiger partial charge < -0.3 is 10.1 Å². The summed E-state index contributed by atoms with van der Waals surface area (Å²) in [6, 6.07) is 11.0. The minimum Gasteiger partial charge on any atom is -0.465 e. The average Bonchev–Trinajstić information content (AvgIpc) is 3.21. The number of allylic oxidation sites excluding steroid dienone is 2. The molecular weight excluding hydrogens is 362 g/mol. The van der Waals surface area contributed by atoms with Gasteiger partial charge in [0, 0.05) is 40.8 Å². The lowest BCUT2D eigenvalue weighted by molar-refractivity contribution is -0.122. The van der Waals surface area contributed by atoms with Gasteiger partial charge in [-0.1, -0.05) is 18.2 Å². The number of ether oxygens (including phenoxy) is 1. The summed E-state index contributed by atoms with van der Waals surface area (Å²) in [6.07, 6.45) is 1.38. The molecule has 4 rings (SSSR count). The Labute approximate surface area is 161 Å². The number of rotatable bonds is 3. The Morgan fingerprint density at radius 1 is 1.11 bits per heavy atom. The van der Waals surface area contributed by atoms with E-state index in [-0.39, 0.29) is 29.9 Å². The third kappa shape index (κ3) is 3.32. The highest BCUT2D eigenvalue weighted by Crippen LogP contribution is 2.43. The summed E-state index contributed by atoms with van der Waals surface area (Å²) in [5.74, 6) is -0.531. The number of esters is 1. The van der Waals surface area contributed by atoms with Gasteiger partial charge in [0.1, 0.15) is 0 Å². The van der Waals surface area contributed by atoms with Gasteiger partial charge in [-0.3, -0.25) is 9.59 Å². The number of nitrogens with one attached hydrogen (secondary N) is 1. The molecule has 2 aromatic rings. The van der Waals surface area contributed by atoms with Gasteiger partial charge in [0.2, 0.25) is 5.91 Å². The van der Waals surface area contributed by atoms with Crippen molar-refractivity contribution in [3.63, 3.8) is 0 Å². The van der Waals surface area contributed by atoms with Crippen LogP contribution in [-0.4, -0.2) is 24.8 Å². The molecule has 1 aromatic heterocycles. The Kier molecular flexibility index (Phi) is 4.66. The van der Waals surface area contributed by atoms with E-state index in [1.165, 1.54) is 12.0 Å². The number of amides is 1. The van der Waals surface area contributed by atoms with Crippen molar-refractivity contribution in [2.75, 3.05) is 7.11 Å². The molecule has 1 aliphatic heterocycles. The van der Waals surface area contributed by atoms with Crippen LogP contribution in [0.1, 0.15) is 51.9 Å². The van der Waals surface area contributed by atoms with Crippen LogP contribution in [0.2, 0.25) is 0 Å². The van der Waals surface area contributed by atoms with Crippen molar-refractivity contribution in [3.05, 3.63) is 69.1 Å². The van der Waals surface area contributed by atoms with Crippen LogP contribution < -0.4 is 5.32 Å².